The van der Waals surface area contributed by atoms with Crippen LogP contribution in [0.25, 0.3) is 5.78 Å². The maximum Gasteiger partial charge on any atom is 0.254 e. The summed E-state index contributed by atoms with van der Waals surface area (Å²) < 4.78 is 7.61. The van der Waals surface area contributed by atoms with Gasteiger partial charge in [0.15, 0.2) is 0 Å². The molecule has 2 aromatic heterocycles. The van der Waals surface area contributed by atoms with E-state index in [0.717, 1.165) is 17.1 Å². The van der Waals surface area contributed by atoms with Gasteiger partial charge in [-0.15, -0.1) is 0 Å². The Kier molecular flexibility index (Phi) is 5.79. The number of amides is 1. The molecule has 170 valence electrons. The first-order valence-electron chi connectivity index (χ1n) is 11.0. The highest BCUT2D eigenvalue weighted by molar-refractivity contribution is 5.94. The normalized spacial score (nSPS) is 13.6. The number of nitriles is 1. The molecule has 0 bridgehead atoms. The molecule has 1 amide bonds. The van der Waals surface area contributed by atoms with Crippen LogP contribution < -0.4 is 9.64 Å². The van der Waals surface area contributed by atoms with E-state index < -0.39 is 0 Å². The first kappa shape index (κ1) is 21.4. The van der Waals surface area contributed by atoms with Gasteiger partial charge in [-0.25, -0.2) is 4.98 Å². The average molecular weight is 454 g/mol. The smallest absolute Gasteiger partial charge is 0.254 e. The molecule has 5 rings (SSSR count). The van der Waals surface area contributed by atoms with Crippen molar-refractivity contribution in [1.29, 1.82) is 5.26 Å². The molecule has 0 spiro atoms. The fraction of sp³-hybridized carbons (Fsp3) is 0.240. The van der Waals surface area contributed by atoms with Gasteiger partial charge in [0.2, 0.25) is 0 Å². The minimum atomic E-state index is -0.0284. The van der Waals surface area contributed by atoms with Crippen LogP contribution in [0.5, 0.6) is 5.75 Å². The van der Waals surface area contributed by atoms with Crippen molar-refractivity contribution >= 4 is 17.5 Å². The number of carbonyl (C=O) groups is 1. The lowest BCUT2D eigenvalue weighted by molar-refractivity contribution is 0.0746. The van der Waals surface area contributed by atoms with Crippen LogP contribution in [-0.4, -0.2) is 56.6 Å². The Hall–Kier alpha value is -4.45. The second-order valence-electron chi connectivity index (χ2n) is 8.09. The van der Waals surface area contributed by atoms with Crippen LogP contribution in [0.2, 0.25) is 0 Å². The summed E-state index contributed by atoms with van der Waals surface area (Å²) in [7, 11) is 0. The number of aromatic nitrogens is 4. The number of hydrogen-bond acceptors (Lipinski definition) is 7. The highest BCUT2D eigenvalue weighted by Gasteiger charge is 2.24. The van der Waals surface area contributed by atoms with Gasteiger partial charge in [-0.1, -0.05) is 24.3 Å². The van der Waals surface area contributed by atoms with Gasteiger partial charge in [-0.05, 0) is 31.2 Å². The lowest BCUT2D eigenvalue weighted by Gasteiger charge is -2.36. The predicted octanol–water partition coefficient (Wildman–Crippen LogP) is 2.85. The number of hydrogen-bond donors (Lipinski definition) is 0. The Bertz CT molecular complexity index is 1380. The first-order chi connectivity index (χ1) is 16.6. The summed E-state index contributed by atoms with van der Waals surface area (Å²) in [6.07, 6.45) is 1.50. The second kappa shape index (κ2) is 9.19. The van der Waals surface area contributed by atoms with Crippen LogP contribution in [0.3, 0.4) is 0 Å². The maximum absolute atomic E-state index is 13.2. The molecule has 0 saturated carbocycles. The zero-order valence-corrected chi connectivity index (χ0v) is 18.8. The maximum atomic E-state index is 13.2. The first-order valence-corrected chi connectivity index (χ1v) is 11.0. The Balaban J connectivity index is 1.24. The van der Waals surface area contributed by atoms with E-state index in [1.165, 1.54) is 6.33 Å². The van der Waals surface area contributed by atoms with Crippen molar-refractivity contribution in [2.45, 2.75) is 13.5 Å². The van der Waals surface area contributed by atoms with Crippen molar-refractivity contribution in [2.24, 2.45) is 0 Å². The summed E-state index contributed by atoms with van der Waals surface area (Å²) in [6.45, 7) is 4.76. The van der Waals surface area contributed by atoms with Crippen molar-refractivity contribution in [3.8, 4) is 11.8 Å². The fourth-order valence-corrected chi connectivity index (χ4v) is 4.09. The molecule has 2 aromatic carbocycles. The number of anilines is 1. The predicted molar refractivity (Wildman–Crippen MR) is 126 cm³/mol. The minimum Gasteiger partial charge on any atom is -0.489 e. The van der Waals surface area contributed by atoms with Crippen molar-refractivity contribution in [2.75, 3.05) is 31.1 Å². The number of fused-ring (bicyclic) bond motifs is 1. The minimum absolute atomic E-state index is 0.0284. The van der Waals surface area contributed by atoms with Crippen LogP contribution in [0.1, 0.15) is 27.2 Å². The largest absolute Gasteiger partial charge is 0.489 e. The van der Waals surface area contributed by atoms with Crippen LogP contribution in [0, 0.1) is 18.3 Å². The van der Waals surface area contributed by atoms with Gasteiger partial charge in [-0.2, -0.15) is 19.9 Å². The molecule has 0 radical (unpaired) electrons. The van der Waals surface area contributed by atoms with E-state index in [2.05, 4.69) is 26.0 Å². The van der Waals surface area contributed by atoms with Crippen LogP contribution >= 0.6 is 0 Å². The Morgan fingerprint density at radius 3 is 2.74 bits per heavy atom. The Labute approximate surface area is 196 Å². The highest BCUT2D eigenvalue weighted by Crippen LogP contribution is 2.21. The third-order valence-electron chi connectivity index (χ3n) is 5.87. The molecule has 34 heavy (non-hydrogen) atoms. The highest BCUT2D eigenvalue weighted by atomic mass is 16.5. The average Bonchev–Trinajstić information content (AvgIpc) is 3.35. The Morgan fingerprint density at radius 1 is 1.09 bits per heavy atom. The molecular formula is C25H23N7O2. The van der Waals surface area contributed by atoms with Crippen LogP contribution in [-0.2, 0) is 6.61 Å². The van der Waals surface area contributed by atoms with Gasteiger partial charge in [0.25, 0.3) is 11.7 Å². The molecule has 0 aliphatic carbocycles. The molecule has 9 nitrogen and oxygen atoms in total. The van der Waals surface area contributed by atoms with Gasteiger partial charge in [0.1, 0.15) is 24.5 Å². The van der Waals surface area contributed by atoms with Crippen molar-refractivity contribution in [1.82, 2.24) is 24.5 Å². The lowest BCUT2D eigenvalue weighted by atomic mass is 10.1. The van der Waals surface area contributed by atoms with Gasteiger partial charge in [-0.3, -0.25) is 4.79 Å². The van der Waals surface area contributed by atoms with E-state index in [9.17, 15) is 10.1 Å². The zero-order valence-electron chi connectivity index (χ0n) is 18.8. The Morgan fingerprint density at radius 2 is 1.91 bits per heavy atom. The summed E-state index contributed by atoms with van der Waals surface area (Å²) in [5.41, 5.74) is 2.85. The van der Waals surface area contributed by atoms with E-state index in [-0.39, 0.29) is 12.5 Å². The van der Waals surface area contributed by atoms with Crippen LogP contribution in [0.15, 0.2) is 60.9 Å². The summed E-state index contributed by atoms with van der Waals surface area (Å²) in [6, 6.07) is 18.7. The molecule has 1 aliphatic rings. The second-order valence-corrected chi connectivity index (χ2v) is 8.09. The third-order valence-corrected chi connectivity index (χ3v) is 5.87. The summed E-state index contributed by atoms with van der Waals surface area (Å²) in [5.74, 6) is 2.07. The van der Waals surface area contributed by atoms with E-state index in [0.29, 0.717) is 48.8 Å². The zero-order chi connectivity index (χ0) is 23.5. The van der Waals surface area contributed by atoms with Gasteiger partial charge >= 0.3 is 0 Å². The van der Waals surface area contributed by atoms with E-state index in [1.807, 2.05) is 48.2 Å². The summed E-state index contributed by atoms with van der Waals surface area (Å²) >= 11 is 0. The molecule has 9 heteroatoms. The summed E-state index contributed by atoms with van der Waals surface area (Å²) in [4.78, 5) is 25.8. The number of rotatable bonds is 5. The molecule has 1 aliphatic heterocycles. The molecule has 0 atom stereocenters. The molecule has 1 fully saturated rings. The molecule has 3 heterocycles. The number of carbonyl (C=O) groups excluding carboxylic acids is 1. The number of benzene rings is 2. The van der Waals surface area contributed by atoms with E-state index >= 15 is 0 Å². The molecule has 1 saturated heterocycles. The van der Waals surface area contributed by atoms with Crippen molar-refractivity contribution in [3.05, 3.63) is 83.3 Å². The monoisotopic (exact) mass is 453 g/mol. The SMILES string of the molecule is Cc1cc(N2CCN(C(=O)c3cccc(OCc4ccccc4C#N)c3)CC2)n2ncnc2n1. The molecular weight excluding hydrogens is 430 g/mol. The number of ether oxygens (including phenoxy) is 1. The quantitative estimate of drug-likeness (QED) is 0.458. The number of aryl methyl sites for hydroxylation is 1. The van der Waals surface area contributed by atoms with E-state index in [1.54, 1.807) is 22.7 Å². The lowest BCUT2D eigenvalue weighted by Crippen LogP contribution is -2.49. The molecule has 0 N–H and O–H groups in total. The van der Waals surface area contributed by atoms with Gasteiger partial charge < -0.3 is 14.5 Å². The van der Waals surface area contributed by atoms with Crippen LogP contribution in [0.4, 0.5) is 5.82 Å². The topological polar surface area (TPSA) is 99.7 Å². The molecule has 4 aromatic rings. The molecule has 0 unspecified atom stereocenters. The van der Waals surface area contributed by atoms with Gasteiger partial charge in [0.05, 0.1) is 11.6 Å². The third kappa shape index (κ3) is 4.26. The summed E-state index contributed by atoms with van der Waals surface area (Å²) in [5, 5.41) is 13.5. The number of piperazine rings is 1. The van der Waals surface area contributed by atoms with E-state index in [4.69, 9.17) is 4.74 Å². The standard InChI is InChI=1S/C25H23N7O2/c1-18-13-23(32-25(29-18)27-17-28-32)30-9-11-31(12-10-30)24(33)19-7-4-8-22(14-19)34-16-21-6-3-2-5-20(21)15-26/h2-8,13-14,17H,9-12,16H2,1H3. The fourth-order valence-electron chi connectivity index (χ4n) is 4.09. The van der Waals surface area contributed by atoms with Gasteiger partial charge in [0, 0.05) is 49.1 Å². The van der Waals surface area contributed by atoms with Crippen molar-refractivity contribution < 1.29 is 9.53 Å². The van der Waals surface area contributed by atoms with Crippen molar-refractivity contribution in [3.63, 3.8) is 0 Å². The number of nitrogens with zero attached hydrogens (tertiary/aromatic N) is 7.